The molecular formula is C23H30N6O6S. The number of benzene rings is 1. The van der Waals surface area contributed by atoms with E-state index in [1.54, 1.807) is 12.1 Å². The molecule has 1 saturated heterocycles. The fourth-order valence-corrected chi connectivity index (χ4v) is 4.18. The number of carboxylic acids is 1. The van der Waals surface area contributed by atoms with E-state index in [4.69, 9.17) is 5.73 Å². The van der Waals surface area contributed by atoms with Crippen molar-refractivity contribution in [2.24, 2.45) is 5.73 Å². The summed E-state index contributed by atoms with van der Waals surface area (Å²) in [4.78, 5) is 59.0. The van der Waals surface area contributed by atoms with Gasteiger partial charge in [0.05, 0.1) is 12.4 Å². The molecule has 1 fully saturated rings. The zero-order valence-corrected chi connectivity index (χ0v) is 20.4. The highest BCUT2D eigenvalue weighted by Crippen LogP contribution is 2.20. The van der Waals surface area contributed by atoms with Crippen LogP contribution in [-0.4, -0.2) is 85.2 Å². The zero-order valence-electron chi connectivity index (χ0n) is 19.5. The number of thiol groups is 1. The van der Waals surface area contributed by atoms with Gasteiger partial charge >= 0.3 is 5.97 Å². The molecule has 12 nitrogen and oxygen atoms in total. The van der Waals surface area contributed by atoms with E-state index in [0.717, 1.165) is 0 Å². The molecule has 0 spiro atoms. The first-order valence-electron chi connectivity index (χ1n) is 11.4. The molecule has 4 atom stereocenters. The van der Waals surface area contributed by atoms with Crippen LogP contribution in [0.25, 0.3) is 0 Å². The van der Waals surface area contributed by atoms with E-state index >= 15 is 0 Å². The van der Waals surface area contributed by atoms with Crippen molar-refractivity contribution in [3.8, 4) is 5.75 Å². The van der Waals surface area contributed by atoms with Crippen molar-refractivity contribution in [1.82, 2.24) is 25.5 Å². The molecule has 13 heteroatoms. The minimum Gasteiger partial charge on any atom is -0.508 e. The van der Waals surface area contributed by atoms with Gasteiger partial charge in [0, 0.05) is 37.0 Å². The van der Waals surface area contributed by atoms with E-state index in [-0.39, 0.29) is 30.9 Å². The monoisotopic (exact) mass is 518 g/mol. The van der Waals surface area contributed by atoms with Crippen LogP contribution in [0.15, 0.2) is 36.8 Å². The average molecular weight is 519 g/mol. The Morgan fingerprint density at radius 1 is 1.14 bits per heavy atom. The average Bonchev–Trinajstić information content (AvgIpc) is 3.55. The topological polar surface area (TPSA) is 191 Å². The third-order valence-electron chi connectivity index (χ3n) is 5.96. The summed E-state index contributed by atoms with van der Waals surface area (Å²) >= 11 is 4.02. The van der Waals surface area contributed by atoms with Gasteiger partial charge in [0.1, 0.15) is 23.9 Å². The quantitative estimate of drug-likeness (QED) is 0.188. The molecule has 2 heterocycles. The number of H-pyrrole nitrogens is 1. The van der Waals surface area contributed by atoms with Crippen LogP contribution in [0.4, 0.5) is 0 Å². The fraction of sp³-hybridized carbons (Fsp3) is 0.435. The van der Waals surface area contributed by atoms with Crippen LogP contribution >= 0.6 is 12.6 Å². The number of rotatable bonds is 11. The maximum absolute atomic E-state index is 13.4. The molecule has 0 aliphatic carbocycles. The number of likely N-dealkylation sites (tertiary alicyclic amines) is 1. The standard InChI is InChI=1S/C23H30N6O6S/c24-16(11-36)20(31)27-17(9-14-10-25-12-26-14)21(32)28-18(8-13-3-5-15(30)6-4-13)22(33)29-7-1-2-19(29)23(34)35/h3-6,10,12,16-19,30,36H,1-2,7-9,11,24H2,(H,25,26)(H,27,31)(H,28,32)(H,34,35). The van der Waals surface area contributed by atoms with E-state index in [1.807, 2.05) is 0 Å². The number of amides is 3. The predicted molar refractivity (Wildman–Crippen MR) is 132 cm³/mol. The van der Waals surface area contributed by atoms with E-state index in [2.05, 4.69) is 33.2 Å². The number of phenolic OH excluding ortho intramolecular Hbond substituents is 1. The second-order valence-electron chi connectivity index (χ2n) is 8.59. The number of aliphatic carboxylic acids is 1. The van der Waals surface area contributed by atoms with Crippen LogP contribution in [0.5, 0.6) is 5.75 Å². The van der Waals surface area contributed by atoms with Crippen LogP contribution in [0, 0.1) is 0 Å². The molecule has 0 bridgehead atoms. The number of nitrogens with zero attached hydrogens (tertiary/aromatic N) is 2. The van der Waals surface area contributed by atoms with E-state index in [9.17, 15) is 29.4 Å². The van der Waals surface area contributed by atoms with E-state index < -0.39 is 47.9 Å². The number of carbonyl (C=O) groups is 4. The van der Waals surface area contributed by atoms with Crippen LogP contribution in [-0.2, 0) is 32.0 Å². The first kappa shape index (κ1) is 27.0. The van der Waals surface area contributed by atoms with Gasteiger partial charge in [-0.3, -0.25) is 14.4 Å². The fourth-order valence-electron chi connectivity index (χ4n) is 4.01. The molecule has 1 aliphatic rings. The Bertz CT molecular complexity index is 1060. The molecule has 194 valence electrons. The maximum Gasteiger partial charge on any atom is 0.326 e. The number of nitrogens with one attached hydrogen (secondary N) is 3. The normalized spacial score (nSPS) is 17.7. The molecule has 4 unspecified atom stereocenters. The smallest absolute Gasteiger partial charge is 0.326 e. The van der Waals surface area contributed by atoms with Crippen LogP contribution < -0.4 is 16.4 Å². The Morgan fingerprint density at radius 3 is 2.44 bits per heavy atom. The summed E-state index contributed by atoms with van der Waals surface area (Å²) in [6.45, 7) is 0.253. The Balaban J connectivity index is 1.84. The van der Waals surface area contributed by atoms with Crippen LogP contribution in [0.1, 0.15) is 24.1 Å². The largest absolute Gasteiger partial charge is 0.508 e. The van der Waals surface area contributed by atoms with Gasteiger partial charge < -0.3 is 36.5 Å². The molecule has 36 heavy (non-hydrogen) atoms. The molecule has 1 aromatic carbocycles. The number of aromatic hydroxyl groups is 1. The number of aromatic amines is 1. The highest BCUT2D eigenvalue weighted by molar-refractivity contribution is 7.80. The lowest BCUT2D eigenvalue weighted by atomic mass is 10.0. The first-order valence-corrected chi connectivity index (χ1v) is 12.1. The number of hydrogen-bond donors (Lipinski definition) is 7. The van der Waals surface area contributed by atoms with Gasteiger partial charge in [0.2, 0.25) is 17.7 Å². The first-order chi connectivity index (χ1) is 17.2. The number of carboxylic acid groups (broad SMARTS) is 1. The lowest BCUT2D eigenvalue weighted by Crippen LogP contribution is -2.58. The molecule has 3 rings (SSSR count). The predicted octanol–water partition coefficient (Wildman–Crippen LogP) is -0.797. The minimum absolute atomic E-state index is 0.0407. The van der Waals surface area contributed by atoms with Crippen molar-refractivity contribution in [2.45, 2.75) is 49.9 Å². The van der Waals surface area contributed by atoms with Crippen LogP contribution in [0.3, 0.4) is 0 Å². The molecule has 7 N–H and O–H groups in total. The summed E-state index contributed by atoms with van der Waals surface area (Å²) in [5, 5.41) is 24.4. The van der Waals surface area contributed by atoms with E-state index in [1.165, 1.54) is 29.6 Å². The number of nitrogens with two attached hydrogens (primary N) is 1. The summed E-state index contributed by atoms with van der Waals surface area (Å²) in [7, 11) is 0. The van der Waals surface area contributed by atoms with Crippen LogP contribution in [0.2, 0.25) is 0 Å². The lowest BCUT2D eigenvalue weighted by Gasteiger charge is -2.29. The van der Waals surface area contributed by atoms with Crippen molar-refractivity contribution in [2.75, 3.05) is 12.3 Å². The number of carbonyl (C=O) groups excluding carboxylic acids is 3. The minimum atomic E-state index is -1.11. The highest BCUT2D eigenvalue weighted by Gasteiger charge is 2.38. The number of aromatic nitrogens is 2. The van der Waals surface area contributed by atoms with Crippen molar-refractivity contribution in [3.05, 3.63) is 48.0 Å². The highest BCUT2D eigenvalue weighted by atomic mass is 32.1. The molecule has 0 saturated carbocycles. The molecule has 0 radical (unpaired) electrons. The summed E-state index contributed by atoms with van der Waals surface area (Å²) in [5.74, 6) is -2.78. The zero-order chi connectivity index (χ0) is 26.2. The Hall–Kier alpha value is -3.58. The molecule has 1 aromatic heterocycles. The van der Waals surface area contributed by atoms with Gasteiger partial charge in [-0.2, -0.15) is 12.6 Å². The van der Waals surface area contributed by atoms with Gasteiger partial charge in [-0.05, 0) is 30.5 Å². The van der Waals surface area contributed by atoms with Gasteiger partial charge in [0.15, 0.2) is 0 Å². The van der Waals surface area contributed by atoms with Crippen molar-refractivity contribution >= 4 is 36.3 Å². The summed E-state index contributed by atoms with van der Waals surface area (Å²) in [6.07, 6.45) is 3.89. The Morgan fingerprint density at radius 2 is 1.83 bits per heavy atom. The Kier molecular flexibility index (Phi) is 9.31. The SMILES string of the molecule is NC(CS)C(=O)NC(Cc1cnc[nH]1)C(=O)NC(Cc1ccc(O)cc1)C(=O)N1CCCC1C(=O)O. The number of imidazole rings is 1. The summed E-state index contributed by atoms with van der Waals surface area (Å²) in [6, 6.07) is 2.00. The molecule has 2 aromatic rings. The summed E-state index contributed by atoms with van der Waals surface area (Å²) in [5.41, 5.74) is 6.96. The maximum atomic E-state index is 13.4. The second kappa shape index (κ2) is 12.4. The molecule has 1 aliphatic heterocycles. The van der Waals surface area contributed by atoms with Gasteiger partial charge in [0.25, 0.3) is 0 Å². The lowest BCUT2D eigenvalue weighted by molar-refractivity contribution is -0.149. The number of phenols is 1. The third kappa shape index (κ3) is 6.98. The van der Waals surface area contributed by atoms with Gasteiger partial charge in [-0.1, -0.05) is 12.1 Å². The van der Waals surface area contributed by atoms with Crippen molar-refractivity contribution in [1.29, 1.82) is 0 Å². The van der Waals surface area contributed by atoms with E-state index in [0.29, 0.717) is 24.1 Å². The van der Waals surface area contributed by atoms with Gasteiger partial charge in [-0.25, -0.2) is 9.78 Å². The number of hydrogen-bond acceptors (Lipinski definition) is 8. The molecular weight excluding hydrogens is 488 g/mol. The third-order valence-corrected chi connectivity index (χ3v) is 6.35. The van der Waals surface area contributed by atoms with Crippen molar-refractivity contribution < 1.29 is 29.4 Å². The van der Waals surface area contributed by atoms with Gasteiger partial charge in [-0.15, -0.1) is 0 Å². The summed E-state index contributed by atoms with van der Waals surface area (Å²) < 4.78 is 0. The Labute approximate surface area is 213 Å². The second-order valence-corrected chi connectivity index (χ2v) is 8.96. The van der Waals surface area contributed by atoms with Crippen molar-refractivity contribution in [3.63, 3.8) is 0 Å². The molecule has 3 amide bonds.